The van der Waals surface area contributed by atoms with Crippen LogP contribution in [-0.2, 0) is 0 Å². The lowest BCUT2D eigenvalue weighted by Crippen LogP contribution is -2.30. The molecule has 0 radical (unpaired) electrons. The molecule has 1 aromatic heterocycles. The summed E-state index contributed by atoms with van der Waals surface area (Å²) in [6, 6.07) is 12.6. The molecule has 1 fully saturated rings. The predicted octanol–water partition coefficient (Wildman–Crippen LogP) is 3.44. The van der Waals surface area contributed by atoms with Crippen molar-refractivity contribution < 1.29 is 0 Å². The highest BCUT2D eigenvalue weighted by Gasteiger charge is 2.12. The van der Waals surface area contributed by atoms with Gasteiger partial charge in [-0.2, -0.15) is 0 Å². The molecule has 1 saturated heterocycles. The summed E-state index contributed by atoms with van der Waals surface area (Å²) >= 11 is 0. The minimum absolute atomic E-state index is 0.945. The number of hydrogen-bond acceptors (Lipinski definition) is 3. The van der Waals surface area contributed by atoms with E-state index in [1.54, 1.807) is 0 Å². The summed E-state index contributed by atoms with van der Waals surface area (Å²) in [5.41, 5.74) is 3.34. The van der Waals surface area contributed by atoms with E-state index in [4.69, 9.17) is 0 Å². The SMILES string of the molecule is Cc1ccc(-c2ccc(N3CCCCC3)nn2)cc1. The van der Waals surface area contributed by atoms with Gasteiger partial charge in [0, 0.05) is 18.7 Å². The van der Waals surface area contributed by atoms with Gasteiger partial charge in [-0.25, -0.2) is 0 Å². The quantitative estimate of drug-likeness (QED) is 0.821. The first kappa shape index (κ1) is 12.2. The van der Waals surface area contributed by atoms with E-state index >= 15 is 0 Å². The molecule has 3 nitrogen and oxygen atoms in total. The zero-order valence-corrected chi connectivity index (χ0v) is 11.3. The van der Waals surface area contributed by atoms with Crippen molar-refractivity contribution >= 4 is 5.82 Å². The average Bonchev–Trinajstić information content (AvgIpc) is 2.49. The fourth-order valence-electron chi connectivity index (χ4n) is 2.50. The zero-order valence-electron chi connectivity index (χ0n) is 11.3. The van der Waals surface area contributed by atoms with E-state index in [1.165, 1.54) is 24.8 Å². The van der Waals surface area contributed by atoms with Gasteiger partial charge in [0.15, 0.2) is 5.82 Å². The van der Waals surface area contributed by atoms with E-state index in [-0.39, 0.29) is 0 Å². The average molecular weight is 253 g/mol. The summed E-state index contributed by atoms with van der Waals surface area (Å²) < 4.78 is 0. The summed E-state index contributed by atoms with van der Waals surface area (Å²) in [5, 5.41) is 8.74. The van der Waals surface area contributed by atoms with Crippen LogP contribution in [0.1, 0.15) is 24.8 Å². The van der Waals surface area contributed by atoms with Crippen LogP contribution in [-0.4, -0.2) is 23.3 Å². The van der Waals surface area contributed by atoms with E-state index < -0.39 is 0 Å². The highest BCUT2D eigenvalue weighted by molar-refractivity contribution is 5.60. The third kappa shape index (κ3) is 2.75. The molecule has 0 atom stereocenters. The third-order valence-corrected chi connectivity index (χ3v) is 3.68. The van der Waals surface area contributed by atoms with Crippen molar-refractivity contribution in [2.24, 2.45) is 0 Å². The summed E-state index contributed by atoms with van der Waals surface area (Å²) in [6.45, 7) is 4.31. The van der Waals surface area contributed by atoms with Crippen molar-refractivity contribution in [1.29, 1.82) is 0 Å². The van der Waals surface area contributed by atoms with Crippen LogP contribution < -0.4 is 4.90 Å². The Kier molecular flexibility index (Phi) is 3.45. The Bertz CT molecular complexity index is 525. The Labute approximate surface area is 114 Å². The van der Waals surface area contributed by atoms with Crippen LogP contribution in [0, 0.1) is 6.92 Å². The number of nitrogens with zero attached hydrogens (tertiary/aromatic N) is 3. The molecular formula is C16H19N3. The van der Waals surface area contributed by atoms with Crippen molar-refractivity contribution in [3.63, 3.8) is 0 Å². The second kappa shape index (κ2) is 5.39. The number of aryl methyl sites for hydroxylation is 1. The molecule has 0 N–H and O–H groups in total. The van der Waals surface area contributed by atoms with E-state index in [0.717, 1.165) is 30.2 Å². The highest BCUT2D eigenvalue weighted by Crippen LogP contribution is 2.21. The van der Waals surface area contributed by atoms with Gasteiger partial charge >= 0.3 is 0 Å². The maximum Gasteiger partial charge on any atom is 0.151 e. The van der Waals surface area contributed by atoms with Gasteiger partial charge in [-0.1, -0.05) is 29.8 Å². The molecule has 0 aliphatic carbocycles. The summed E-state index contributed by atoms with van der Waals surface area (Å²) in [7, 11) is 0. The Hall–Kier alpha value is -1.90. The lowest BCUT2D eigenvalue weighted by molar-refractivity contribution is 0.571. The van der Waals surface area contributed by atoms with Gasteiger partial charge in [0.05, 0.1) is 5.69 Å². The topological polar surface area (TPSA) is 29.0 Å². The number of piperidine rings is 1. The molecule has 2 aromatic rings. The van der Waals surface area contributed by atoms with Crippen molar-refractivity contribution in [1.82, 2.24) is 10.2 Å². The first-order valence-corrected chi connectivity index (χ1v) is 6.99. The Morgan fingerprint density at radius 3 is 2.21 bits per heavy atom. The van der Waals surface area contributed by atoms with Gasteiger partial charge in [-0.15, -0.1) is 10.2 Å². The van der Waals surface area contributed by atoms with E-state index in [9.17, 15) is 0 Å². The monoisotopic (exact) mass is 253 g/mol. The molecule has 19 heavy (non-hydrogen) atoms. The minimum atomic E-state index is 0.945. The normalized spacial score (nSPS) is 15.5. The predicted molar refractivity (Wildman–Crippen MR) is 78.3 cm³/mol. The van der Waals surface area contributed by atoms with Gasteiger partial charge in [0.1, 0.15) is 0 Å². The fourth-order valence-corrected chi connectivity index (χ4v) is 2.50. The molecule has 0 amide bonds. The Morgan fingerprint density at radius 1 is 0.842 bits per heavy atom. The van der Waals surface area contributed by atoms with Crippen molar-refractivity contribution in [3.8, 4) is 11.3 Å². The second-order valence-corrected chi connectivity index (χ2v) is 5.19. The van der Waals surface area contributed by atoms with Crippen molar-refractivity contribution in [3.05, 3.63) is 42.0 Å². The third-order valence-electron chi connectivity index (χ3n) is 3.68. The number of aromatic nitrogens is 2. The van der Waals surface area contributed by atoms with Gasteiger partial charge in [0.2, 0.25) is 0 Å². The van der Waals surface area contributed by atoms with Crippen LogP contribution in [0.25, 0.3) is 11.3 Å². The standard InChI is InChI=1S/C16H19N3/c1-13-5-7-14(8-6-13)15-9-10-16(18-17-15)19-11-3-2-4-12-19/h5-10H,2-4,11-12H2,1H3. The molecule has 1 aliphatic heterocycles. The molecule has 3 rings (SSSR count). The summed E-state index contributed by atoms with van der Waals surface area (Å²) in [5.74, 6) is 1.01. The number of benzene rings is 1. The number of hydrogen-bond donors (Lipinski definition) is 0. The van der Waals surface area contributed by atoms with Crippen molar-refractivity contribution in [2.75, 3.05) is 18.0 Å². The second-order valence-electron chi connectivity index (χ2n) is 5.19. The fraction of sp³-hybridized carbons (Fsp3) is 0.375. The maximum absolute atomic E-state index is 4.38. The first-order chi connectivity index (χ1) is 9.33. The van der Waals surface area contributed by atoms with Crippen LogP contribution >= 0.6 is 0 Å². The van der Waals surface area contributed by atoms with Gasteiger partial charge in [-0.3, -0.25) is 0 Å². The minimum Gasteiger partial charge on any atom is -0.355 e. The van der Waals surface area contributed by atoms with Crippen LogP contribution in [0.3, 0.4) is 0 Å². The van der Waals surface area contributed by atoms with Gasteiger partial charge in [-0.05, 0) is 38.3 Å². The lowest BCUT2D eigenvalue weighted by Gasteiger charge is -2.27. The van der Waals surface area contributed by atoms with E-state index in [1.807, 2.05) is 0 Å². The van der Waals surface area contributed by atoms with E-state index in [2.05, 4.69) is 58.4 Å². The van der Waals surface area contributed by atoms with Crippen LogP contribution in [0.5, 0.6) is 0 Å². The van der Waals surface area contributed by atoms with Crippen LogP contribution in [0.15, 0.2) is 36.4 Å². The molecule has 1 aliphatic rings. The van der Waals surface area contributed by atoms with Gasteiger partial charge in [0.25, 0.3) is 0 Å². The number of rotatable bonds is 2. The molecule has 2 heterocycles. The van der Waals surface area contributed by atoms with Crippen LogP contribution in [0.2, 0.25) is 0 Å². The van der Waals surface area contributed by atoms with Gasteiger partial charge < -0.3 is 4.90 Å². The first-order valence-electron chi connectivity index (χ1n) is 6.99. The summed E-state index contributed by atoms with van der Waals surface area (Å²) in [6.07, 6.45) is 3.87. The zero-order chi connectivity index (χ0) is 13.1. The smallest absolute Gasteiger partial charge is 0.151 e. The lowest BCUT2D eigenvalue weighted by atomic mass is 10.1. The summed E-state index contributed by atoms with van der Waals surface area (Å²) in [4.78, 5) is 2.33. The van der Waals surface area contributed by atoms with E-state index in [0.29, 0.717) is 0 Å². The molecule has 0 bridgehead atoms. The van der Waals surface area contributed by atoms with Crippen LogP contribution in [0.4, 0.5) is 5.82 Å². The van der Waals surface area contributed by atoms with Crippen molar-refractivity contribution in [2.45, 2.75) is 26.2 Å². The molecule has 3 heteroatoms. The largest absolute Gasteiger partial charge is 0.355 e. The molecule has 0 spiro atoms. The number of anilines is 1. The molecule has 98 valence electrons. The maximum atomic E-state index is 4.38. The Balaban J connectivity index is 1.80. The Morgan fingerprint density at radius 2 is 1.58 bits per heavy atom. The molecule has 0 unspecified atom stereocenters. The molecular weight excluding hydrogens is 234 g/mol. The molecule has 0 saturated carbocycles. The highest BCUT2D eigenvalue weighted by atomic mass is 15.3. The molecule has 1 aromatic carbocycles.